The van der Waals surface area contributed by atoms with Gasteiger partial charge in [0.25, 0.3) is 11.8 Å². The van der Waals surface area contributed by atoms with Crippen LogP contribution in [0.3, 0.4) is 0 Å². The lowest BCUT2D eigenvalue weighted by Gasteiger charge is -2.11. The Hall–Kier alpha value is -3.15. The van der Waals surface area contributed by atoms with E-state index in [0.29, 0.717) is 16.8 Å². The standard InChI is InChI=1S/C20H22N2O4/c1-13-9-14(2)11-16(10-13)20(25)26-12-18(23)21-17-7-5-15(6-8-17)19(24)22(3)4/h5-11H,12H2,1-4H3,(H,21,23). The van der Waals surface area contributed by atoms with Gasteiger partial charge in [-0.2, -0.15) is 0 Å². The number of benzene rings is 2. The van der Waals surface area contributed by atoms with Crippen molar-refractivity contribution in [2.24, 2.45) is 0 Å². The van der Waals surface area contributed by atoms with Crippen LogP contribution in [0.2, 0.25) is 0 Å². The number of carbonyl (C=O) groups excluding carboxylic acids is 3. The lowest BCUT2D eigenvalue weighted by Crippen LogP contribution is -2.22. The number of aryl methyl sites for hydroxylation is 2. The Labute approximate surface area is 152 Å². The molecule has 6 nitrogen and oxygen atoms in total. The minimum absolute atomic E-state index is 0.120. The summed E-state index contributed by atoms with van der Waals surface area (Å²) in [5, 5.41) is 2.63. The molecule has 0 bridgehead atoms. The molecule has 6 heteroatoms. The number of ether oxygens (including phenoxy) is 1. The molecule has 0 saturated heterocycles. The Morgan fingerprint density at radius 2 is 1.50 bits per heavy atom. The number of nitrogens with one attached hydrogen (secondary N) is 1. The Morgan fingerprint density at radius 3 is 2.04 bits per heavy atom. The van der Waals surface area contributed by atoms with Gasteiger partial charge in [0, 0.05) is 25.3 Å². The summed E-state index contributed by atoms with van der Waals surface area (Å²) in [6.45, 7) is 3.40. The second kappa shape index (κ2) is 8.29. The normalized spacial score (nSPS) is 10.2. The van der Waals surface area contributed by atoms with Crippen LogP contribution in [0.5, 0.6) is 0 Å². The zero-order valence-electron chi connectivity index (χ0n) is 15.3. The van der Waals surface area contributed by atoms with Gasteiger partial charge in [0.2, 0.25) is 0 Å². The molecule has 2 aromatic rings. The molecule has 0 heterocycles. The Kier molecular flexibility index (Phi) is 6.11. The molecule has 0 fully saturated rings. The van der Waals surface area contributed by atoms with E-state index >= 15 is 0 Å². The van der Waals surface area contributed by atoms with Gasteiger partial charge in [-0.05, 0) is 50.2 Å². The van der Waals surface area contributed by atoms with Crippen molar-refractivity contribution >= 4 is 23.5 Å². The SMILES string of the molecule is Cc1cc(C)cc(C(=O)OCC(=O)Nc2ccc(C(=O)N(C)C)cc2)c1. The van der Waals surface area contributed by atoms with Crippen molar-refractivity contribution in [2.45, 2.75) is 13.8 Å². The quantitative estimate of drug-likeness (QED) is 0.838. The molecule has 0 atom stereocenters. The monoisotopic (exact) mass is 354 g/mol. The number of nitrogens with zero attached hydrogens (tertiary/aromatic N) is 1. The van der Waals surface area contributed by atoms with E-state index in [-0.39, 0.29) is 12.5 Å². The lowest BCUT2D eigenvalue weighted by atomic mass is 10.1. The molecule has 1 N–H and O–H groups in total. The summed E-state index contributed by atoms with van der Waals surface area (Å²) in [5.74, 6) is -1.11. The Bertz CT molecular complexity index is 806. The molecule has 0 aliphatic carbocycles. The molecule has 0 aliphatic heterocycles. The van der Waals surface area contributed by atoms with E-state index in [1.54, 1.807) is 50.5 Å². The smallest absolute Gasteiger partial charge is 0.338 e. The summed E-state index contributed by atoms with van der Waals surface area (Å²) in [7, 11) is 3.34. The number of hydrogen-bond acceptors (Lipinski definition) is 4. The van der Waals surface area contributed by atoms with Gasteiger partial charge in [-0.3, -0.25) is 9.59 Å². The van der Waals surface area contributed by atoms with E-state index < -0.39 is 11.9 Å². The third-order valence-electron chi connectivity index (χ3n) is 3.61. The third-order valence-corrected chi connectivity index (χ3v) is 3.61. The maximum absolute atomic E-state index is 12.0. The first-order chi connectivity index (χ1) is 12.3. The largest absolute Gasteiger partial charge is 0.452 e. The van der Waals surface area contributed by atoms with Gasteiger partial charge in [-0.15, -0.1) is 0 Å². The maximum atomic E-state index is 12.0. The first-order valence-electron chi connectivity index (χ1n) is 8.13. The van der Waals surface area contributed by atoms with Crippen LogP contribution in [0.4, 0.5) is 5.69 Å². The van der Waals surface area contributed by atoms with Crippen LogP contribution in [0, 0.1) is 13.8 Å². The summed E-state index contributed by atoms with van der Waals surface area (Å²) >= 11 is 0. The molecule has 0 aliphatic rings. The van der Waals surface area contributed by atoms with Gasteiger partial charge in [-0.1, -0.05) is 17.2 Å². The average molecular weight is 354 g/mol. The molecule has 0 radical (unpaired) electrons. The summed E-state index contributed by atoms with van der Waals surface area (Å²) < 4.78 is 5.05. The van der Waals surface area contributed by atoms with Crippen LogP contribution in [0.15, 0.2) is 42.5 Å². The highest BCUT2D eigenvalue weighted by Crippen LogP contribution is 2.12. The molecule has 0 unspecified atom stereocenters. The van der Waals surface area contributed by atoms with Gasteiger partial charge in [0.1, 0.15) is 0 Å². The van der Waals surface area contributed by atoms with Crippen molar-refractivity contribution in [3.8, 4) is 0 Å². The van der Waals surface area contributed by atoms with Crippen LogP contribution < -0.4 is 5.32 Å². The molecule has 136 valence electrons. The maximum Gasteiger partial charge on any atom is 0.338 e. The van der Waals surface area contributed by atoms with Crippen LogP contribution in [-0.2, 0) is 9.53 Å². The number of hydrogen-bond donors (Lipinski definition) is 1. The van der Waals surface area contributed by atoms with Crippen molar-refractivity contribution < 1.29 is 19.1 Å². The molecule has 0 spiro atoms. The number of esters is 1. The average Bonchev–Trinajstić information content (AvgIpc) is 2.58. The Balaban J connectivity index is 1.90. The van der Waals surface area contributed by atoms with Crippen LogP contribution >= 0.6 is 0 Å². The second-order valence-corrected chi connectivity index (χ2v) is 6.28. The first-order valence-corrected chi connectivity index (χ1v) is 8.13. The predicted octanol–water partition coefficient (Wildman–Crippen LogP) is 2.80. The number of rotatable bonds is 5. The summed E-state index contributed by atoms with van der Waals surface area (Å²) in [6, 6.07) is 11.9. The van der Waals surface area contributed by atoms with Gasteiger partial charge in [0.15, 0.2) is 6.61 Å². The van der Waals surface area contributed by atoms with Gasteiger partial charge in [0.05, 0.1) is 5.56 Å². The highest BCUT2D eigenvalue weighted by atomic mass is 16.5. The van der Waals surface area contributed by atoms with E-state index in [1.807, 2.05) is 19.9 Å². The topological polar surface area (TPSA) is 75.7 Å². The summed E-state index contributed by atoms with van der Waals surface area (Å²) in [4.78, 5) is 37.3. The zero-order valence-corrected chi connectivity index (χ0v) is 15.3. The number of carbonyl (C=O) groups is 3. The fourth-order valence-electron chi connectivity index (χ4n) is 2.46. The van der Waals surface area contributed by atoms with E-state index in [4.69, 9.17) is 4.74 Å². The molecule has 2 aromatic carbocycles. The molecule has 0 saturated carbocycles. The van der Waals surface area contributed by atoms with Crippen LogP contribution in [0.25, 0.3) is 0 Å². The molecular formula is C20H22N2O4. The van der Waals surface area contributed by atoms with Crippen molar-refractivity contribution in [1.29, 1.82) is 0 Å². The van der Waals surface area contributed by atoms with Crippen LogP contribution in [-0.4, -0.2) is 43.4 Å². The first kappa shape index (κ1) is 19.2. The minimum Gasteiger partial charge on any atom is -0.452 e. The van der Waals surface area contributed by atoms with Crippen molar-refractivity contribution in [2.75, 3.05) is 26.0 Å². The second-order valence-electron chi connectivity index (χ2n) is 6.28. The van der Waals surface area contributed by atoms with Gasteiger partial charge >= 0.3 is 5.97 Å². The zero-order chi connectivity index (χ0) is 19.3. The van der Waals surface area contributed by atoms with E-state index in [2.05, 4.69) is 5.32 Å². The number of anilines is 1. The summed E-state index contributed by atoms with van der Waals surface area (Å²) in [5.41, 5.74) is 3.37. The highest BCUT2D eigenvalue weighted by Gasteiger charge is 2.12. The van der Waals surface area contributed by atoms with Crippen molar-refractivity contribution in [3.63, 3.8) is 0 Å². The Morgan fingerprint density at radius 1 is 0.923 bits per heavy atom. The molecule has 2 rings (SSSR count). The lowest BCUT2D eigenvalue weighted by molar-refractivity contribution is -0.119. The van der Waals surface area contributed by atoms with E-state index in [1.165, 1.54) is 4.90 Å². The fourth-order valence-corrected chi connectivity index (χ4v) is 2.46. The number of amides is 2. The molecule has 0 aromatic heterocycles. The summed E-state index contributed by atoms with van der Waals surface area (Å²) in [6.07, 6.45) is 0. The van der Waals surface area contributed by atoms with Gasteiger partial charge in [-0.25, -0.2) is 4.79 Å². The van der Waals surface area contributed by atoms with Crippen LogP contribution in [0.1, 0.15) is 31.8 Å². The highest BCUT2D eigenvalue weighted by molar-refractivity contribution is 5.97. The molecular weight excluding hydrogens is 332 g/mol. The van der Waals surface area contributed by atoms with E-state index in [9.17, 15) is 14.4 Å². The third kappa shape index (κ3) is 5.17. The van der Waals surface area contributed by atoms with Crippen molar-refractivity contribution in [3.05, 3.63) is 64.7 Å². The van der Waals surface area contributed by atoms with Crippen molar-refractivity contribution in [1.82, 2.24) is 4.90 Å². The van der Waals surface area contributed by atoms with E-state index in [0.717, 1.165) is 11.1 Å². The predicted molar refractivity (Wildman–Crippen MR) is 99.3 cm³/mol. The molecule has 26 heavy (non-hydrogen) atoms. The minimum atomic E-state index is -0.543. The molecule has 2 amide bonds. The van der Waals surface area contributed by atoms with Gasteiger partial charge < -0.3 is 15.0 Å². The fraction of sp³-hybridized carbons (Fsp3) is 0.250.